The summed E-state index contributed by atoms with van der Waals surface area (Å²) in [5.41, 5.74) is 7.56. The summed E-state index contributed by atoms with van der Waals surface area (Å²) in [6.45, 7) is 0. The number of carbonyl (C=O) groups excluding carboxylic acids is 1. The van der Waals surface area contributed by atoms with Gasteiger partial charge in [-0.3, -0.25) is 4.79 Å². The minimum Gasteiger partial charge on any atom is -0.353 e. The first-order valence-corrected chi connectivity index (χ1v) is 11.7. The summed E-state index contributed by atoms with van der Waals surface area (Å²) in [4.78, 5) is 16.2. The molecule has 29 heavy (non-hydrogen) atoms. The Labute approximate surface area is 175 Å². The maximum Gasteiger partial charge on any atom is 0.226 e. The van der Waals surface area contributed by atoms with Gasteiger partial charge in [-0.15, -0.1) is 0 Å². The van der Waals surface area contributed by atoms with Crippen molar-refractivity contribution in [3.05, 3.63) is 35.9 Å². The molecular formula is C25H37N3O. The van der Waals surface area contributed by atoms with Gasteiger partial charge in [-0.25, -0.2) is 0 Å². The minimum absolute atomic E-state index is 0.173. The van der Waals surface area contributed by atoms with Crippen LogP contribution in [0.1, 0.15) is 63.4 Å². The predicted octanol–water partition coefficient (Wildman–Crippen LogP) is 3.45. The number of nitrogens with zero attached hydrogens (tertiary/aromatic N) is 1. The topological polar surface area (TPSA) is 58.4 Å². The molecule has 1 aromatic carbocycles. The Morgan fingerprint density at radius 3 is 2.21 bits per heavy atom. The number of nitrogens with two attached hydrogens (primary N) is 1. The summed E-state index contributed by atoms with van der Waals surface area (Å²) < 4.78 is 0. The number of benzene rings is 1. The highest BCUT2D eigenvalue weighted by Crippen LogP contribution is 2.66. The van der Waals surface area contributed by atoms with E-state index in [9.17, 15) is 4.79 Å². The van der Waals surface area contributed by atoms with Gasteiger partial charge in [-0.2, -0.15) is 0 Å². The third kappa shape index (κ3) is 3.23. The number of carbonyl (C=O) groups is 1. The van der Waals surface area contributed by atoms with Crippen LogP contribution in [0.3, 0.4) is 0 Å². The molecule has 2 atom stereocenters. The second kappa shape index (κ2) is 7.09. The zero-order valence-electron chi connectivity index (χ0n) is 18.1. The first kappa shape index (κ1) is 19.6. The molecule has 4 heteroatoms. The van der Waals surface area contributed by atoms with Crippen LogP contribution in [0.25, 0.3) is 0 Å². The summed E-state index contributed by atoms with van der Waals surface area (Å²) >= 11 is 0. The zero-order chi connectivity index (χ0) is 20.2. The maximum absolute atomic E-state index is 13.7. The van der Waals surface area contributed by atoms with Crippen molar-refractivity contribution < 1.29 is 4.79 Å². The standard InChI is InChI=1S/C25H37N3O/c1-28(2)22-17-12-24(19-6-4-3-5-7-19)13-18(22)15-25(14-17,16-24)23(29)27-21-10-8-20(26)9-11-21/h3-7,17-18,20-22H,8-16,26H2,1-2H3,(H,27,29)/t17?,18?,20-,21-,22?,24?,25?. The van der Waals surface area contributed by atoms with E-state index in [1.807, 2.05) is 0 Å². The zero-order valence-corrected chi connectivity index (χ0v) is 18.1. The largest absolute Gasteiger partial charge is 0.353 e. The van der Waals surface area contributed by atoms with Gasteiger partial charge >= 0.3 is 0 Å². The molecule has 6 rings (SSSR count). The third-order valence-corrected chi connectivity index (χ3v) is 8.83. The number of rotatable bonds is 4. The fourth-order valence-electron chi connectivity index (χ4n) is 7.96. The number of nitrogens with one attached hydrogen (secondary N) is 1. The average molecular weight is 396 g/mol. The van der Waals surface area contributed by atoms with E-state index >= 15 is 0 Å². The van der Waals surface area contributed by atoms with E-state index in [0.29, 0.717) is 35.9 Å². The van der Waals surface area contributed by atoms with Gasteiger partial charge in [0.15, 0.2) is 0 Å². The van der Waals surface area contributed by atoms with Gasteiger partial charge in [0.2, 0.25) is 5.91 Å². The molecular weight excluding hydrogens is 358 g/mol. The van der Waals surface area contributed by atoms with Crippen molar-refractivity contribution in [1.29, 1.82) is 0 Å². The van der Waals surface area contributed by atoms with Crippen molar-refractivity contribution in [3.63, 3.8) is 0 Å². The summed E-state index contributed by atoms with van der Waals surface area (Å²) in [5.74, 6) is 1.60. The van der Waals surface area contributed by atoms with Crippen LogP contribution < -0.4 is 11.1 Å². The Morgan fingerprint density at radius 1 is 1.00 bits per heavy atom. The van der Waals surface area contributed by atoms with Gasteiger partial charge in [-0.05, 0) is 94.7 Å². The highest BCUT2D eigenvalue weighted by Gasteiger charge is 2.64. The van der Waals surface area contributed by atoms with E-state index in [2.05, 4.69) is 54.6 Å². The minimum atomic E-state index is -0.173. The lowest BCUT2D eigenvalue weighted by Crippen LogP contribution is -2.66. The molecule has 5 saturated carbocycles. The fourth-order valence-corrected chi connectivity index (χ4v) is 7.96. The molecule has 0 heterocycles. The van der Waals surface area contributed by atoms with Gasteiger partial charge in [0.1, 0.15) is 0 Å². The molecule has 158 valence electrons. The normalized spacial score (nSPS) is 43.5. The molecule has 2 unspecified atom stereocenters. The summed E-state index contributed by atoms with van der Waals surface area (Å²) in [6.07, 6.45) is 9.82. The Morgan fingerprint density at radius 2 is 1.62 bits per heavy atom. The van der Waals surface area contributed by atoms with Crippen molar-refractivity contribution in [2.24, 2.45) is 23.0 Å². The van der Waals surface area contributed by atoms with E-state index in [1.54, 1.807) is 0 Å². The number of hydrogen-bond acceptors (Lipinski definition) is 3. The van der Waals surface area contributed by atoms with Crippen LogP contribution in [-0.2, 0) is 10.2 Å². The monoisotopic (exact) mass is 395 g/mol. The molecule has 0 radical (unpaired) electrons. The van der Waals surface area contributed by atoms with Crippen molar-refractivity contribution in [1.82, 2.24) is 10.2 Å². The third-order valence-electron chi connectivity index (χ3n) is 8.83. The van der Waals surface area contributed by atoms with Crippen LogP contribution in [0.5, 0.6) is 0 Å². The summed E-state index contributed by atoms with van der Waals surface area (Å²) in [7, 11) is 4.47. The van der Waals surface area contributed by atoms with Crippen LogP contribution in [0.2, 0.25) is 0 Å². The van der Waals surface area contributed by atoms with Crippen molar-refractivity contribution in [3.8, 4) is 0 Å². The molecule has 5 fully saturated rings. The first-order chi connectivity index (χ1) is 13.9. The lowest BCUT2D eigenvalue weighted by atomic mass is 9.41. The highest BCUT2D eigenvalue weighted by molar-refractivity contribution is 5.84. The smallest absolute Gasteiger partial charge is 0.226 e. The molecule has 0 aromatic heterocycles. The Bertz CT molecular complexity index is 737. The molecule has 3 N–H and O–H groups in total. The summed E-state index contributed by atoms with van der Waals surface area (Å²) in [6, 6.07) is 12.4. The van der Waals surface area contributed by atoms with Gasteiger partial charge in [-0.1, -0.05) is 30.3 Å². The van der Waals surface area contributed by atoms with Crippen LogP contribution in [0.15, 0.2) is 30.3 Å². The second-order valence-electron chi connectivity index (χ2n) is 11.0. The fraction of sp³-hybridized carbons (Fsp3) is 0.720. The van der Waals surface area contributed by atoms with Gasteiger partial charge in [0.25, 0.3) is 0 Å². The van der Waals surface area contributed by atoms with Gasteiger partial charge < -0.3 is 16.0 Å². The van der Waals surface area contributed by atoms with Crippen molar-refractivity contribution in [2.45, 2.75) is 81.3 Å². The lowest BCUT2D eigenvalue weighted by molar-refractivity contribution is -0.159. The molecule has 4 nitrogen and oxygen atoms in total. The van der Waals surface area contributed by atoms with E-state index in [0.717, 1.165) is 44.9 Å². The van der Waals surface area contributed by atoms with Crippen LogP contribution in [0.4, 0.5) is 0 Å². The molecule has 0 saturated heterocycles. The average Bonchev–Trinajstić information content (AvgIpc) is 2.69. The number of hydrogen-bond donors (Lipinski definition) is 2. The van der Waals surface area contributed by atoms with Crippen molar-refractivity contribution >= 4 is 5.91 Å². The van der Waals surface area contributed by atoms with E-state index in [4.69, 9.17) is 5.73 Å². The van der Waals surface area contributed by atoms with Gasteiger partial charge in [0, 0.05) is 18.1 Å². The summed E-state index contributed by atoms with van der Waals surface area (Å²) in [5, 5.41) is 3.50. The SMILES string of the molecule is CN(C)C1C2CC3(C(=O)N[C@H]4CC[C@H](N)CC4)CC1CC(c1ccccc1)(C2)C3. The van der Waals surface area contributed by atoms with Crippen LogP contribution in [-0.4, -0.2) is 43.0 Å². The molecule has 1 aromatic rings. The second-order valence-corrected chi connectivity index (χ2v) is 11.0. The maximum atomic E-state index is 13.7. The van der Waals surface area contributed by atoms with E-state index in [1.165, 1.54) is 18.4 Å². The lowest BCUT2D eigenvalue weighted by Gasteiger charge is -2.65. The van der Waals surface area contributed by atoms with Gasteiger partial charge in [0.05, 0.1) is 5.41 Å². The predicted molar refractivity (Wildman–Crippen MR) is 116 cm³/mol. The van der Waals surface area contributed by atoms with Crippen LogP contribution in [0, 0.1) is 17.3 Å². The first-order valence-electron chi connectivity index (χ1n) is 11.7. The highest BCUT2D eigenvalue weighted by atomic mass is 16.2. The quantitative estimate of drug-likeness (QED) is 0.821. The van der Waals surface area contributed by atoms with Crippen LogP contribution >= 0.6 is 0 Å². The van der Waals surface area contributed by atoms with E-state index < -0.39 is 0 Å². The molecule has 1 amide bonds. The molecule has 5 aliphatic carbocycles. The Balaban J connectivity index is 1.44. The Hall–Kier alpha value is -1.39. The van der Waals surface area contributed by atoms with Crippen molar-refractivity contribution in [2.75, 3.05) is 14.1 Å². The molecule has 4 bridgehead atoms. The number of amides is 1. The molecule has 5 aliphatic rings. The van der Waals surface area contributed by atoms with E-state index in [-0.39, 0.29) is 10.8 Å². The molecule has 0 aliphatic heterocycles. The Kier molecular flexibility index (Phi) is 4.78. The molecule has 0 spiro atoms.